The highest BCUT2D eigenvalue weighted by Gasteiger charge is 2.55. The number of benzene rings is 3. The fourth-order valence-electron chi connectivity index (χ4n) is 6.46. The molecule has 3 atom stereocenters. The smallest absolute Gasteiger partial charge is 0.312 e. The SMILES string of the molecule is CCn1c2ccccc2c2cc(C3(C4COC(=O)[C@@H]4C(O)c4cc(OC)c(OC)c(OC)c4)SCCCS3)ccc21. The lowest BCUT2D eigenvalue weighted by atomic mass is 9.81. The van der Waals surface area contributed by atoms with Crippen molar-refractivity contribution >= 4 is 51.3 Å². The van der Waals surface area contributed by atoms with Gasteiger partial charge in [-0.05, 0) is 66.3 Å². The molecule has 2 saturated heterocycles. The molecule has 2 fully saturated rings. The largest absolute Gasteiger partial charge is 0.493 e. The number of aliphatic hydroxyl groups excluding tert-OH is 1. The number of thioether (sulfide) groups is 2. The van der Waals surface area contributed by atoms with Crippen LogP contribution in [0.5, 0.6) is 17.2 Å². The molecule has 3 aromatic carbocycles. The summed E-state index contributed by atoms with van der Waals surface area (Å²) in [6.45, 7) is 3.30. The van der Waals surface area contributed by atoms with Crippen LogP contribution < -0.4 is 14.2 Å². The number of aromatic nitrogens is 1. The molecule has 0 radical (unpaired) electrons. The highest BCUT2D eigenvalue weighted by atomic mass is 32.2. The van der Waals surface area contributed by atoms with Gasteiger partial charge in [-0.15, -0.1) is 23.5 Å². The van der Waals surface area contributed by atoms with Crippen molar-refractivity contribution in [2.45, 2.75) is 30.1 Å². The Morgan fingerprint density at radius 3 is 2.32 bits per heavy atom. The second kappa shape index (κ2) is 11.3. The number of hydrogen-bond donors (Lipinski definition) is 1. The van der Waals surface area contributed by atoms with E-state index >= 15 is 0 Å². The first-order chi connectivity index (χ1) is 20.0. The number of nitrogens with zero attached hydrogens (tertiary/aromatic N) is 1. The Hall–Kier alpha value is -3.01. The van der Waals surface area contributed by atoms with Crippen LogP contribution in [0.25, 0.3) is 21.8 Å². The normalized spacial score (nSPS) is 21.1. The molecule has 0 spiro atoms. The van der Waals surface area contributed by atoms with Crippen molar-refractivity contribution in [3.8, 4) is 17.2 Å². The van der Waals surface area contributed by atoms with Crippen LogP contribution in [0.3, 0.4) is 0 Å². The van der Waals surface area contributed by atoms with Crippen molar-refractivity contribution in [1.29, 1.82) is 0 Å². The van der Waals surface area contributed by atoms with Gasteiger partial charge in [0.15, 0.2) is 11.5 Å². The van der Waals surface area contributed by atoms with E-state index in [2.05, 4.69) is 54.0 Å². The van der Waals surface area contributed by atoms with Crippen LogP contribution in [0.15, 0.2) is 54.6 Å². The van der Waals surface area contributed by atoms with Gasteiger partial charge >= 0.3 is 5.97 Å². The zero-order valence-electron chi connectivity index (χ0n) is 23.7. The van der Waals surface area contributed by atoms with E-state index < -0.39 is 16.1 Å². The summed E-state index contributed by atoms with van der Waals surface area (Å²) in [5.41, 5.74) is 4.10. The van der Waals surface area contributed by atoms with Gasteiger partial charge in [-0.2, -0.15) is 0 Å². The lowest BCUT2D eigenvalue weighted by molar-refractivity contribution is -0.144. The summed E-state index contributed by atoms with van der Waals surface area (Å²) in [6.07, 6.45) is -0.0229. The third-order valence-corrected chi connectivity index (χ3v) is 12.0. The van der Waals surface area contributed by atoms with E-state index in [1.54, 1.807) is 12.1 Å². The molecule has 216 valence electrons. The number of carbonyl (C=O) groups excluding carboxylic acids is 1. The first-order valence-corrected chi connectivity index (χ1v) is 15.9. The van der Waals surface area contributed by atoms with Crippen molar-refractivity contribution < 1.29 is 28.8 Å². The molecule has 7 nitrogen and oxygen atoms in total. The number of rotatable bonds is 8. The molecule has 0 amide bonds. The summed E-state index contributed by atoms with van der Waals surface area (Å²) < 4.78 is 24.2. The van der Waals surface area contributed by atoms with Gasteiger partial charge in [0.2, 0.25) is 5.75 Å². The van der Waals surface area contributed by atoms with Crippen LogP contribution in [0.1, 0.15) is 30.6 Å². The lowest BCUT2D eigenvalue weighted by Gasteiger charge is -2.43. The number of fused-ring (bicyclic) bond motifs is 3. The summed E-state index contributed by atoms with van der Waals surface area (Å²) in [7, 11) is 4.61. The van der Waals surface area contributed by atoms with Gasteiger partial charge in [0.25, 0.3) is 0 Å². The molecule has 2 unspecified atom stereocenters. The summed E-state index contributed by atoms with van der Waals surface area (Å²) in [5.74, 6) is 1.84. The number of aliphatic hydroxyl groups is 1. The average molecular weight is 594 g/mol. The molecular formula is C32H35NO6S2. The van der Waals surface area contributed by atoms with E-state index in [0.29, 0.717) is 22.8 Å². The van der Waals surface area contributed by atoms with Crippen molar-refractivity contribution in [1.82, 2.24) is 4.57 Å². The monoisotopic (exact) mass is 593 g/mol. The van der Waals surface area contributed by atoms with Crippen LogP contribution in [-0.2, 0) is 20.2 Å². The second-order valence-corrected chi connectivity index (χ2v) is 13.3. The second-order valence-electron chi connectivity index (χ2n) is 10.4. The van der Waals surface area contributed by atoms with Crippen molar-refractivity contribution in [2.75, 3.05) is 39.4 Å². The highest BCUT2D eigenvalue weighted by molar-refractivity contribution is 8.18. The van der Waals surface area contributed by atoms with Crippen LogP contribution in [0, 0.1) is 11.8 Å². The number of hydrogen-bond acceptors (Lipinski definition) is 8. The maximum Gasteiger partial charge on any atom is 0.312 e. The number of esters is 1. The van der Waals surface area contributed by atoms with Crippen LogP contribution in [0.2, 0.25) is 0 Å². The van der Waals surface area contributed by atoms with Gasteiger partial charge in [-0.25, -0.2) is 0 Å². The molecule has 41 heavy (non-hydrogen) atoms. The fourth-order valence-corrected chi connectivity index (χ4v) is 10.1. The molecule has 0 aliphatic carbocycles. The van der Waals surface area contributed by atoms with Crippen molar-refractivity contribution in [3.63, 3.8) is 0 Å². The standard InChI is InChI=1S/C32H35NO6S2/c1-5-33-24-10-7-6-9-21(24)22-17-20(11-12-25(22)33)32(40-13-8-14-41-32)23-18-39-31(35)28(23)29(34)19-15-26(36-2)30(38-4)27(16-19)37-3/h6-7,9-12,15-17,23,28-29,34H,5,8,13-14,18H2,1-4H3/t23?,28-,29?/m0/s1. The number of methoxy groups -OCH3 is 3. The van der Waals surface area contributed by atoms with Crippen LogP contribution in [-0.4, -0.2) is 55.1 Å². The maximum absolute atomic E-state index is 13.4. The molecule has 1 aromatic heterocycles. The molecule has 0 saturated carbocycles. The van der Waals surface area contributed by atoms with Crippen molar-refractivity contribution in [3.05, 3.63) is 65.7 Å². The summed E-state index contributed by atoms with van der Waals surface area (Å²) in [5, 5.41) is 14.3. The Kier molecular flexibility index (Phi) is 7.78. The quantitative estimate of drug-likeness (QED) is 0.236. The number of ether oxygens (including phenoxy) is 4. The topological polar surface area (TPSA) is 79.2 Å². The van der Waals surface area contributed by atoms with E-state index in [9.17, 15) is 9.90 Å². The zero-order valence-corrected chi connectivity index (χ0v) is 25.3. The van der Waals surface area contributed by atoms with Crippen LogP contribution in [0.4, 0.5) is 0 Å². The third kappa shape index (κ3) is 4.53. The predicted octanol–water partition coefficient (Wildman–Crippen LogP) is 6.39. The number of aryl methyl sites for hydroxylation is 1. The van der Waals surface area contributed by atoms with Gasteiger partial charge in [-0.1, -0.05) is 24.3 Å². The predicted molar refractivity (Wildman–Crippen MR) is 165 cm³/mol. The lowest BCUT2D eigenvalue weighted by Crippen LogP contribution is -2.39. The van der Waals surface area contributed by atoms with E-state index in [1.165, 1.54) is 43.1 Å². The van der Waals surface area contributed by atoms with Gasteiger partial charge in [0, 0.05) is 34.3 Å². The molecule has 0 bridgehead atoms. The van der Waals surface area contributed by atoms with E-state index in [4.69, 9.17) is 18.9 Å². The highest BCUT2D eigenvalue weighted by Crippen LogP contribution is 2.60. The molecule has 1 N–H and O–H groups in total. The Labute approximate surface area is 248 Å². The van der Waals surface area contributed by atoms with Gasteiger partial charge in [0.05, 0.1) is 44.0 Å². The number of para-hydroxylation sites is 1. The van der Waals surface area contributed by atoms with E-state index in [1.807, 2.05) is 23.5 Å². The molecule has 4 aromatic rings. The fraction of sp³-hybridized carbons (Fsp3) is 0.406. The first kappa shape index (κ1) is 28.1. The van der Waals surface area contributed by atoms with Gasteiger partial charge < -0.3 is 28.6 Å². The summed E-state index contributed by atoms with van der Waals surface area (Å²) in [6, 6.07) is 18.7. The first-order valence-electron chi connectivity index (χ1n) is 13.9. The average Bonchev–Trinajstić information content (AvgIpc) is 3.57. The Balaban J connectivity index is 1.47. The van der Waals surface area contributed by atoms with Crippen molar-refractivity contribution in [2.24, 2.45) is 11.8 Å². The minimum absolute atomic E-state index is 0.250. The van der Waals surface area contributed by atoms with E-state index in [0.717, 1.165) is 30.0 Å². The Morgan fingerprint density at radius 2 is 1.66 bits per heavy atom. The van der Waals surface area contributed by atoms with E-state index in [-0.39, 0.29) is 18.5 Å². The van der Waals surface area contributed by atoms with Gasteiger partial charge in [-0.3, -0.25) is 4.79 Å². The maximum atomic E-state index is 13.4. The molecular weight excluding hydrogens is 558 g/mol. The molecule has 9 heteroatoms. The molecule has 2 aliphatic rings. The zero-order chi connectivity index (χ0) is 28.7. The molecule has 6 rings (SSSR count). The number of carbonyl (C=O) groups is 1. The Bertz CT molecular complexity index is 1570. The summed E-state index contributed by atoms with van der Waals surface area (Å²) >= 11 is 3.74. The minimum atomic E-state index is -1.12. The molecule has 2 aliphatic heterocycles. The summed E-state index contributed by atoms with van der Waals surface area (Å²) in [4.78, 5) is 13.4. The molecule has 3 heterocycles. The van der Waals surface area contributed by atoms with Gasteiger partial charge in [0.1, 0.15) is 0 Å². The van der Waals surface area contributed by atoms with Crippen LogP contribution >= 0.6 is 23.5 Å². The minimum Gasteiger partial charge on any atom is -0.493 e. The number of cyclic esters (lactones) is 1. The third-order valence-electron chi connectivity index (χ3n) is 8.38. The Morgan fingerprint density at radius 1 is 0.976 bits per heavy atom.